The number of nitrogens with zero attached hydrogens (tertiary/aromatic N) is 5. The molecule has 0 spiro atoms. The van der Waals surface area contributed by atoms with E-state index in [1.54, 1.807) is 4.68 Å². The molecule has 0 saturated carbocycles. The molecule has 0 aliphatic rings. The van der Waals surface area contributed by atoms with E-state index in [4.69, 9.17) is 10.3 Å². The van der Waals surface area contributed by atoms with Crippen LogP contribution >= 0.6 is 0 Å². The fourth-order valence-electron chi connectivity index (χ4n) is 1.78. The molecule has 7 nitrogen and oxygen atoms in total. The standard InChI is InChI=1S/C13H22N6O/c1-5-6-9(14)10-7-19(18-16-10)8-11-15-12(17-20-11)13(2,3)4/h7,9H,5-6,8,14H2,1-4H3. The summed E-state index contributed by atoms with van der Waals surface area (Å²) in [5.41, 5.74) is 6.67. The molecule has 0 bridgehead atoms. The van der Waals surface area contributed by atoms with E-state index in [0.29, 0.717) is 18.3 Å². The Balaban J connectivity index is 2.05. The van der Waals surface area contributed by atoms with E-state index in [2.05, 4.69) is 27.4 Å². The summed E-state index contributed by atoms with van der Waals surface area (Å²) in [6, 6.07) is -0.0680. The van der Waals surface area contributed by atoms with Crippen LogP contribution in [0.25, 0.3) is 0 Å². The van der Waals surface area contributed by atoms with Crippen LogP contribution in [-0.4, -0.2) is 25.1 Å². The maximum absolute atomic E-state index is 6.01. The Morgan fingerprint density at radius 1 is 1.40 bits per heavy atom. The van der Waals surface area contributed by atoms with Gasteiger partial charge in [0, 0.05) is 5.41 Å². The van der Waals surface area contributed by atoms with Crippen molar-refractivity contribution in [1.82, 2.24) is 25.1 Å². The molecule has 0 saturated heterocycles. The van der Waals surface area contributed by atoms with Gasteiger partial charge >= 0.3 is 0 Å². The Kier molecular flexibility index (Phi) is 4.17. The summed E-state index contributed by atoms with van der Waals surface area (Å²) >= 11 is 0. The van der Waals surface area contributed by atoms with Crippen LogP contribution in [0.3, 0.4) is 0 Å². The van der Waals surface area contributed by atoms with Crippen molar-refractivity contribution in [3.05, 3.63) is 23.6 Å². The molecule has 2 aromatic heterocycles. The molecule has 0 amide bonds. The predicted octanol–water partition coefficient (Wildman–Crippen LogP) is 1.81. The summed E-state index contributed by atoms with van der Waals surface area (Å²) in [6.45, 7) is 8.63. The van der Waals surface area contributed by atoms with E-state index < -0.39 is 0 Å². The Morgan fingerprint density at radius 2 is 2.15 bits per heavy atom. The molecular weight excluding hydrogens is 256 g/mol. The van der Waals surface area contributed by atoms with Crippen LogP contribution in [0.4, 0.5) is 0 Å². The average molecular weight is 278 g/mol. The fraction of sp³-hybridized carbons (Fsp3) is 0.692. The zero-order valence-electron chi connectivity index (χ0n) is 12.5. The quantitative estimate of drug-likeness (QED) is 0.896. The third-order valence-corrected chi connectivity index (χ3v) is 2.97. The van der Waals surface area contributed by atoms with Crippen LogP contribution in [-0.2, 0) is 12.0 Å². The Hall–Kier alpha value is -1.76. The van der Waals surface area contributed by atoms with Gasteiger partial charge in [0.05, 0.1) is 17.9 Å². The first kappa shape index (κ1) is 14.6. The molecule has 7 heteroatoms. The lowest BCUT2D eigenvalue weighted by atomic mass is 9.96. The molecule has 0 radical (unpaired) electrons. The largest absolute Gasteiger partial charge is 0.337 e. The fourth-order valence-corrected chi connectivity index (χ4v) is 1.78. The van der Waals surface area contributed by atoms with Gasteiger partial charge in [-0.2, -0.15) is 4.98 Å². The minimum Gasteiger partial charge on any atom is -0.337 e. The highest BCUT2D eigenvalue weighted by Gasteiger charge is 2.21. The van der Waals surface area contributed by atoms with Crippen molar-refractivity contribution in [2.24, 2.45) is 5.73 Å². The zero-order valence-corrected chi connectivity index (χ0v) is 12.5. The van der Waals surface area contributed by atoms with Gasteiger partial charge in [-0.1, -0.05) is 44.5 Å². The Morgan fingerprint density at radius 3 is 2.75 bits per heavy atom. The van der Waals surface area contributed by atoms with Crippen molar-refractivity contribution in [1.29, 1.82) is 0 Å². The summed E-state index contributed by atoms with van der Waals surface area (Å²) in [5, 5.41) is 12.1. The highest BCUT2D eigenvalue weighted by Crippen LogP contribution is 2.18. The molecule has 0 aliphatic heterocycles. The van der Waals surface area contributed by atoms with Gasteiger partial charge in [0.15, 0.2) is 5.82 Å². The first-order chi connectivity index (χ1) is 9.40. The second-order valence-corrected chi connectivity index (χ2v) is 6.00. The molecule has 2 heterocycles. The van der Waals surface area contributed by atoms with Crippen LogP contribution in [0.15, 0.2) is 10.7 Å². The van der Waals surface area contributed by atoms with Crippen molar-refractivity contribution in [3.8, 4) is 0 Å². The van der Waals surface area contributed by atoms with Crippen LogP contribution in [0.2, 0.25) is 0 Å². The monoisotopic (exact) mass is 278 g/mol. The SMILES string of the molecule is CCCC(N)c1cn(Cc2nc(C(C)(C)C)no2)nn1. The molecule has 2 rings (SSSR count). The van der Waals surface area contributed by atoms with Gasteiger partial charge in [0.1, 0.15) is 6.54 Å². The molecule has 0 aliphatic carbocycles. The van der Waals surface area contributed by atoms with Crippen LogP contribution in [0, 0.1) is 0 Å². The van der Waals surface area contributed by atoms with Crippen molar-refractivity contribution in [3.63, 3.8) is 0 Å². The lowest BCUT2D eigenvalue weighted by Gasteiger charge is -2.10. The molecule has 1 unspecified atom stereocenters. The van der Waals surface area contributed by atoms with E-state index in [9.17, 15) is 0 Å². The van der Waals surface area contributed by atoms with E-state index in [1.807, 2.05) is 27.0 Å². The van der Waals surface area contributed by atoms with Gasteiger partial charge in [-0.25, -0.2) is 4.68 Å². The van der Waals surface area contributed by atoms with Gasteiger partial charge in [-0.05, 0) is 6.42 Å². The number of nitrogens with two attached hydrogens (primary N) is 1. The van der Waals surface area contributed by atoms with Crippen molar-refractivity contribution < 1.29 is 4.52 Å². The maximum Gasteiger partial charge on any atom is 0.248 e. The molecule has 110 valence electrons. The predicted molar refractivity (Wildman–Crippen MR) is 74.0 cm³/mol. The molecular formula is C13H22N6O. The minimum absolute atomic E-state index is 0.0680. The summed E-state index contributed by atoms with van der Waals surface area (Å²) < 4.78 is 6.90. The molecule has 2 N–H and O–H groups in total. The Labute approximate surface area is 118 Å². The smallest absolute Gasteiger partial charge is 0.248 e. The first-order valence-corrected chi connectivity index (χ1v) is 6.89. The third-order valence-electron chi connectivity index (χ3n) is 2.97. The van der Waals surface area contributed by atoms with Gasteiger partial charge < -0.3 is 10.3 Å². The Bertz CT molecular complexity index is 553. The first-order valence-electron chi connectivity index (χ1n) is 6.89. The highest BCUT2D eigenvalue weighted by molar-refractivity contribution is 5.02. The van der Waals surface area contributed by atoms with Gasteiger partial charge in [0.25, 0.3) is 0 Å². The van der Waals surface area contributed by atoms with Crippen LogP contribution < -0.4 is 5.73 Å². The number of hydrogen-bond donors (Lipinski definition) is 1. The van der Waals surface area contributed by atoms with E-state index >= 15 is 0 Å². The van der Waals surface area contributed by atoms with Gasteiger partial charge in [-0.15, -0.1) is 5.10 Å². The zero-order chi connectivity index (χ0) is 14.8. The third kappa shape index (κ3) is 3.41. The average Bonchev–Trinajstić information content (AvgIpc) is 2.98. The van der Waals surface area contributed by atoms with Crippen molar-refractivity contribution in [2.75, 3.05) is 0 Å². The number of rotatable bonds is 5. The van der Waals surface area contributed by atoms with Crippen molar-refractivity contribution >= 4 is 0 Å². The minimum atomic E-state index is -0.126. The van der Waals surface area contributed by atoms with Gasteiger partial charge in [0.2, 0.25) is 5.89 Å². The lowest BCUT2D eigenvalue weighted by Crippen LogP contribution is -2.13. The molecule has 0 fully saturated rings. The molecule has 2 aromatic rings. The number of aromatic nitrogens is 5. The van der Waals surface area contributed by atoms with E-state index in [0.717, 1.165) is 18.5 Å². The van der Waals surface area contributed by atoms with Gasteiger partial charge in [-0.3, -0.25) is 0 Å². The second kappa shape index (κ2) is 5.70. The lowest BCUT2D eigenvalue weighted by molar-refractivity contribution is 0.352. The normalized spacial score (nSPS) is 13.7. The summed E-state index contributed by atoms with van der Waals surface area (Å²) in [7, 11) is 0. The van der Waals surface area contributed by atoms with Crippen LogP contribution in [0.1, 0.15) is 64.0 Å². The summed E-state index contributed by atoms with van der Waals surface area (Å²) in [4.78, 5) is 4.37. The summed E-state index contributed by atoms with van der Waals surface area (Å²) in [6.07, 6.45) is 3.75. The maximum atomic E-state index is 6.01. The second-order valence-electron chi connectivity index (χ2n) is 6.00. The van der Waals surface area contributed by atoms with E-state index in [-0.39, 0.29) is 11.5 Å². The van der Waals surface area contributed by atoms with Crippen LogP contribution in [0.5, 0.6) is 0 Å². The summed E-state index contributed by atoms with van der Waals surface area (Å²) in [5.74, 6) is 1.21. The highest BCUT2D eigenvalue weighted by atomic mass is 16.5. The van der Waals surface area contributed by atoms with E-state index in [1.165, 1.54) is 0 Å². The topological polar surface area (TPSA) is 95.7 Å². The van der Waals surface area contributed by atoms with Crippen molar-refractivity contribution in [2.45, 2.75) is 58.5 Å². The molecule has 20 heavy (non-hydrogen) atoms. The molecule has 1 atom stereocenters. The number of hydrogen-bond acceptors (Lipinski definition) is 6. The molecule has 0 aromatic carbocycles.